The summed E-state index contributed by atoms with van der Waals surface area (Å²) in [7, 11) is 3.56. The van der Waals surface area contributed by atoms with Crippen LogP contribution in [-0.2, 0) is 4.79 Å². The molecular weight excluding hydrogens is 266 g/mol. The molecule has 0 bridgehead atoms. The fraction of sp³-hybridized carbons (Fsp3) is 0.688. The normalized spacial score (nSPS) is 10.0. The van der Waals surface area contributed by atoms with Gasteiger partial charge in [0.05, 0.1) is 6.54 Å². The van der Waals surface area contributed by atoms with Gasteiger partial charge in [-0.3, -0.25) is 4.79 Å². The lowest BCUT2D eigenvalue weighted by Crippen LogP contribution is -2.34. The third-order valence-corrected chi connectivity index (χ3v) is 3.36. The molecule has 0 radical (unpaired) electrons. The molecular formula is C16H31N3O2. The van der Waals surface area contributed by atoms with Crippen molar-refractivity contribution in [2.24, 2.45) is 0 Å². The third-order valence-electron chi connectivity index (χ3n) is 3.36. The first kappa shape index (κ1) is 19.4. The van der Waals surface area contributed by atoms with Gasteiger partial charge in [0.1, 0.15) is 0 Å². The number of nitrogens with zero attached hydrogens (tertiary/aromatic N) is 2. The highest BCUT2D eigenvalue weighted by Gasteiger charge is 2.09. The van der Waals surface area contributed by atoms with Crippen LogP contribution in [0.5, 0.6) is 0 Å². The molecule has 122 valence electrons. The molecule has 1 amide bonds. The predicted molar refractivity (Wildman–Crippen MR) is 87.9 cm³/mol. The van der Waals surface area contributed by atoms with Crippen molar-refractivity contribution in [3.8, 4) is 0 Å². The van der Waals surface area contributed by atoms with Crippen LogP contribution in [0, 0.1) is 0 Å². The fourth-order valence-electron chi connectivity index (χ4n) is 1.85. The van der Waals surface area contributed by atoms with Gasteiger partial charge in [0.15, 0.2) is 5.88 Å². The zero-order chi connectivity index (χ0) is 16.3. The van der Waals surface area contributed by atoms with Gasteiger partial charge in [0.2, 0.25) is 5.91 Å². The first-order valence-corrected chi connectivity index (χ1v) is 7.63. The topological polar surface area (TPSA) is 55.8 Å². The molecule has 0 aromatic carbocycles. The number of unbranched alkanes of at least 4 members (excludes halogenated alkanes) is 3. The summed E-state index contributed by atoms with van der Waals surface area (Å²) < 4.78 is 0. The van der Waals surface area contributed by atoms with E-state index in [1.165, 1.54) is 12.8 Å². The highest BCUT2D eigenvalue weighted by atomic mass is 16.3. The molecule has 0 aromatic heterocycles. The van der Waals surface area contributed by atoms with Crippen molar-refractivity contribution in [2.75, 3.05) is 33.7 Å². The molecule has 21 heavy (non-hydrogen) atoms. The van der Waals surface area contributed by atoms with E-state index < -0.39 is 0 Å². The number of carbonyl (C=O) groups excluding carboxylic acids is 1. The van der Waals surface area contributed by atoms with Crippen LogP contribution in [-0.4, -0.2) is 54.5 Å². The van der Waals surface area contributed by atoms with Crippen molar-refractivity contribution < 1.29 is 9.90 Å². The van der Waals surface area contributed by atoms with E-state index in [1.54, 1.807) is 23.9 Å². The van der Waals surface area contributed by atoms with Crippen LogP contribution in [0.1, 0.15) is 39.0 Å². The highest BCUT2D eigenvalue weighted by molar-refractivity contribution is 5.76. The minimum atomic E-state index is 0.0433. The van der Waals surface area contributed by atoms with Crippen LogP contribution in [0.3, 0.4) is 0 Å². The van der Waals surface area contributed by atoms with Gasteiger partial charge in [0.25, 0.3) is 0 Å². The second kappa shape index (κ2) is 11.1. The molecule has 0 aliphatic carbocycles. The Balaban J connectivity index is 3.82. The molecule has 5 heteroatoms. The lowest BCUT2D eigenvalue weighted by molar-refractivity contribution is -0.129. The first-order valence-electron chi connectivity index (χ1n) is 7.63. The third kappa shape index (κ3) is 9.82. The lowest BCUT2D eigenvalue weighted by Gasteiger charge is -2.21. The first-order chi connectivity index (χ1) is 9.88. The number of nitrogens with one attached hydrogen (secondary N) is 1. The highest BCUT2D eigenvalue weighted by Crippen LogP contribution is 2.05. The Morgan fingerprint density at radius 2 is 1.81 bits per heavy atom. The number of hydrogen-bond donors (Lipinski definition) is 2. The molecule has 0 fully saturated rings. The number of rotatable bonds is 12. The molecule has 0 rings (SSSR count). The molecule has 0 saturated heterocycles. The van der Waals surface area contributed by atoms with Crippen molar-refractivity contribution in [1.82, 2.24) is 15.1 Å². The molecule has 0 saturated carbocycles. The number of carbonyl (C=O) groups is 1. The number of hydrogen-bond acceptors (Lipinski definition) is 4. The number of amides is 1. The van der Waals surface area contributed by atoms with Crippen LogP contribution in [0.15, 0.2) is 24.7 Å². The number of aliphatic hydroxyl groups excluding tert-OH is 1. The average molecular weight is 297 g/mol. The van der Waals surface area contributed by atoms with Crippen LogP contribution in [0.25, 0.3) is 0 Å². The Labute approximate surface area is 129 Å². The molecule has 0 unspecified atom stereocenters. The van der Waals surface area contributed by atoms with Gasteiger partial charge < -0.3 is 20.2 Å². The van der Waals surface area contributed by atoms with Crippen LogP contribution in [0.2, 0.25) is 0 Å². The molecule has 5 nitrogen and oxygen atoms in total. The van der Waals surface area contributed by atoms with E-state index in [9.17, 15) is 4.79 Å². The summed E-state index contributed by atoms with van der Waals surface area (Å²) in [6, 6.07) is 0. The Morgan fingerprint density at radius 1 is 1.14 bits per heavy atom. The Kier molecular flexibility index (Phi) is 10.2. The van der Waals surface area contributed by atoms with Gasteiger partial charge in [-0.1, -0.05) is 32.8 Å². The van der Waals surface area contributed by atoms with E-state index in [2.05, 4.69) is 25.4 Å². The maximum Gasteiger partial charge on any atom is 0.222 e. The molecule has 0 aliphatic heterocycles. The Morgan fingerprint density at radius 3 is 2.38 bits per heavy atom. The molecule has 0 atom stereocenters. The van der Waals surface area contributed by atoms with Gasteiger partial charge in [-0.05, 0) is 13.0 Å². The summed E-state index contributed by atoms with van der Waals surface area (Å²) >= 11 is 0. The fourth-order valence-corrected chi connectivity index (χ4v) is 1.85. The quantitative estimate of drug-likeness (QED) is 0.429. The largest absolute Gasteiger partial charge is 0.495 e. The van der Waals surface area contributed by atoms with Crippen LogP contribution >= 0.6 is 0 Å². The smallest absolute Gasteiger partial charge is 0.222 e. The number of aliphatic hydroxyl groups is 1. The maximum atomic E-state index is 11.9. The summed E-state index contributed by atoms with van der Waals surface area (Å²) in [4.78, 5) is 15.3. The second-order valence-electron chi connectivity index (χ2n) is 5.43. The van der Waals surface area contributed by atoms with E-state index in [0.29, 0.717) is 26.1 Å². The predicted octanol–water partition coefficient (Wildman–Crippen LogP) is 2.48. The molecule has 0 aromatic rings. The molecule has 2 N–H and O–H groups in total. The zero-order valence-electron chi connectivity index (χ0n) is 13.8. The monoisotopic (exact) mass is 297 g/mol. The average Bonchev–Trinajstić information content (AvgIpc) is 2.42. The molecule has 0 spiro atoms. The van der Waals surface area contributed by atoms with Crippen LogP contribution in [0.4, 0.5) is 0 Å². The van der Waals surface area contributed by atoms with E-state index in [0.717, 1.165) is 18.5 Å². The maximum absolute atomic E-state index is 11.9. The Bertz CT molecular complexity index is 342. The lowest BCUT2D eigenvalue weighted by atomic mass is 10.1. The second-order valence-corrected chi connectivity index (χ2v) is 5.43. The van der Waals surface area contributed by atoms with Crippen molar-refractivity contribution in [3.05, 3.63) is 24.7 Å². The van der Waals surface area contributed by atoms with E-state index in [-0.39, 0.29) is 11.8 Å². The summed E-state index contributed by atoms with van der Waals surface area (Å²) in [5, 5.41) is 12.3. The van der Waals surface area contributed by atoms with Crippen molar-refractivity contribution in [1.29, 1.82) is 0 Å². The van der Waals surface area contributed by atoms with Crippen molar-refractivity contribution >= 4 is 5.91 Å². The van der Waals surface area contributed by atoms with E-state index >= 15 is 0 Å². The molecule has 0 aliphatic rings. The Hall–Kier alpha value is -1.65. The summed E-state index contributed by atoms with van der Waals surface area (Å²) in [5.41, 5.74) is 0.802. The number of likely N-dealkylation sites (N-methyl/N-ethyl adjacent to an activating group) is 2. The van der Waals surface area contributed by atoms with Gasteiger partial charge in [0, 0.05) is 39.3 Å². The van der Waals surface area contributed by atoms with Gasteiger partial charge >= 0.3 is 0 Å². The van der Waals surface area contributed by atoms with Gasteiger partial charge in [-0.15, -0.1) is 0 Å². The van der Waals surface area contributed by atoms with Crippen molar-refractivity contribution in [3.63, 3.8) is 0 Å². The van der Waals surface area contributed by atoms with E-state index in [1.807, 2.05) is 0 Å². The van der Waals surface area contributed by atoms with E-state index in [4.69, 9.17) is 5.11 Å². The molecule has 0 heterocycles. The minimum absolute atomic E-state index is 0.0433. The standard InChI is InChI=1S/C16H31N3O2/c1-6-7-8-9-10-16(21)19(5)13-14(2)17-11-12-18(4)15(3)20/h17,20H,2-3,6-13H2,1,4-5H3. The van der Waals surface area contributed by atoms with Gasteiger partial charge in [-0.2, -0.15) is 0 Å². The minimum Gasteiger partial charge on any atom is -0.495 e. The SMILES string of the molecule is C=C(CN(C)C(=O)CCCCCC)NCCN(C)C(=C)O. The van der Waals surface area contributed by atoms with Crippen molar-refractivity contribution in [2.45, 2.75) is 39.0 Å². The zero-order valence-corrected chi connectivity index (χ0v) is 13.8. The van der Waals surface area contributed by atoms with Crippen LogP contribution < -0.4 is 5.32 Å². The summed E-state index contributed by atoms with van der Waals surface area (Å²) in [6.07, 6.45) is 5.05. The van der Waals surface area contributed by atoms with Gasteiger partial charge in [-0.25, -0.2) is 0 Å². The summed E-state index contributed by atoms with van der Waals surface area (Å²) in [6.45, 7) is 11.3. The summed E-state index contributed by atoms with van der Waals surface area (Å²) in [5.74, 6) is 0.205.